The van der Waals surface area contributed by atoms with Crippen molar-refractivity contribution in [2.75, 3.05) is 10.6 Å². The summed E-state index contributed by atoms with van der Waals surface area (Å²) in [5.41, 5.74) is -1.12. The van der Waals surface area contributed by atoms with Gasteiger partial charge in [0.05, 0.1) is 17.7 Å². The number of halogens is 6. The van der Waals surface area contributed by atoms with E-state index in [1.54, 1.807) is 0 Å². The van der Waals surface area contributed by atoms with E-state index in [4.69, 9.17) is 12.2 Å². The monoisotopic (exact) mass is 445 g/mol. The van der Waals surface area contributed by atoms with E-state index in [0.29, 0.717) is 5.56 Å². The molecule has 30 heavy (non-hydrogen) atoms. The number of nitrogens with one attached hydrogen (secondary N) is 2. The maximum Gasteiger partial charge on any atom is 0.416 e. The molecule has 0 amide bonds. The van der Waals surface area contributed by atoms with E-state index in [0.717, 1.165) is 24.3 Å². The molecule has 0 bridgehead atoms. The van der Waals surface area contributed by atoms with Gasteiger partial charge in [-0.15, -0.1) is 5.10 Å². The van der Waals surface area contributed by atoms with Crippen LogP contribution in [-0.2, 0) is 18.9 Å². The van der Waals surface area contributed by atoms with Gasteiger partial charge in [-0.2, -0.15) is 26.3 Å². The van der Waals surface area contributed by atoms with Crippen LogP contribution in [0.3, 0.4) is 0 Å². The van der Waals surface area contributed by atoms with Crippen LogP contribution in [0.5, 0.6) is 0 Å². The van der Waals surface area contributed by atoms with E-state index < -0.39 is 23.5 Å². The van der Waals surface area contributed by atoms with Crippen molar-refractivity contribution >= 4 is 29.0 Å². The fourth-order valence-electron chi connectivity index (χ4n) is 2.50. The van der Waals surface area contributed by atoms with Gasteiger partial charge in [0.15, 0.2) is 5.11 Å². The molecule has 0 unspecified atom stereocenters. The second-order valence-corrected chi connectivity index (χ2v) is 6.53. The molecule has 0 saturated heterocycles. The van der Waals surface area contributed by atoms with Gasteiger partial charge in [-0.1, -0.05) is 18.2 Å². The minimum Gasteiger partial charge on any atom is -0.332 e. The highest BCUT2D eigenvalue weighted by Gasteiger charge is 2.31. The van der Waals surface area contributed by atoms with Gasteiger partial charge >= 0.3 is 12.4 Å². The lowest BCUT2D eigenvalue weighted by Gasteiger charge is -2.11. The van der Waals surface area contributed by atoms with Crippen molar-refractivity contribution in [2.24, 2.45) is 0 Å². The van der Waals surface area contributed by atoms with Crippen molar-refractivity contribution in [2.45, 2.75) is 18.9 Å². The minimum absolute atomic E-state index is 0.0338. The van der Waals surface area contributed by atoms with E-state index in [9.17, 15) is 26.3 Å². The fraction of sp³-hybridized carbons (Fsp3) is 0.167. The molecule has 0 spiro atoms. The predicted octanol–water partition coefficient (Wildman–Crippen LogP) is 5.17. The Morgan fingerprint density at radius 1 is 0.900 bits per heavy atom. The van der Waals surface area contributed by atoms with Gasteiger partial charge in [0.25, 0.3) is 0 Å². The number of hydrogen-bond acceptors (Lipinski definition) is 3. The van der Waals surface area contributed by atoms with Crippen LogP contribution >= 0.6 is 12.2 Å². The second kappa shape index (κ2) is 8.30. The Morgan fingerprint density at radius 2 is 1.53 bits per heavy atom. The van der Waals surface area contributed by atoms with Crippen LogP contribution in [-0.4, -0.2) is 19.9 Å². The number of anilines is 2. The van der Waals surface area contributed by atoms with Crippen molar-refractivity contribution in [1.29, 1.82) is 0 Å². The normalized spacial score (nSPS) is 11.9. The van der Waals surface area contributed by atoms with Gasteiger partial charge in [0.1, 0.15) is 6.33 Å². The highest BCUT2D eigenvalue weighted by atomic mass is 32.1. The van der Waals surface area contributed by atoms with Gasteiger partial charge < -0.3 is 5.32 Å². The molecule has 0 fully saturated rings. The lowest BCUT2D eigenvalue weighted by atomic mass is 10.1. The van der Waals surface area contributed by atoms with Gasteiger partial charge in [0, 0.05) is 5.69 Å². The molecule has 3 aromatic rings. The summed E-state index contributed by atoms with van der Waals surface area (Å²) in [7, 11) is 0. The van der Waals surface area contributed by atoms with Crippen molar-refractivity contribution in [1.82, 2.24) is 14.8 Å². The maximum atomic E-state index is 12.8. The summed E-state index contributed by atoms with van der Waals surface area (Å²) in [5.74, 6) is 0.0338. The fourth-order valence-corrected chi connectivity index (χ4v) is 2.71. The zero-order valence-electron chi connectivity index (χ0n) is 14.9. The number of hydrogen-bond donors (Lipinski definition) is 2. The van der Waals surface area contributed by atoms with E-state index in [-0.39, 0.29) is 23.3 Å². The first-order valence-corrected chi connectivity index (χ1v) is 8.72. The Morgan fingerprint density at radius 3 is 2.20 bits per heavy atom. The summed E-state index contributed by atoms with van der Waals surface area (Å²) in [6, 6.07) is 9.25. The Hall–Kier alpha value is -3.15. The predicted molar refractivity (Wildman–Crippen MR) is 102 cm³/mol. The van der Waals surface area contributed by atoms with E-state index in [1.165, 1.54) is 35.3 Å². The van der Waals surface area contributed by atoms with Crippen LogP contribution in [0.25, 0.3) is 0 Å². The van der Waals surface area contributed by atoms with Gasteiger partial charge in [-0.05, 0) is 48.1 Å². The Bertz CT molecular complexity index is 1040. The van der Waals surface area contributed by atoms with Gasteiger partial charge in [-0.25, -0.2) is 9.67 Å². The molecule has 0 aliphatic heterocycles. The number of thiocarbonyl (C=S) groups is 1. The number of alkyl halides is 6. The molecule has 0 radical (unpaired) electrons. The SMILES string of the molecule is FC(F)(F)c1cccc(Cn2cnc(NC(=S)Nc3cccc(C(F)(F)F)c3)n2)c1. The third-order valence-corrected chi connectivity index (χ3v) is 4.01. The number of rotatable bonds is 4. The summed E-state index contributed by atoms with van der Waals surface area (Å²) in [5, 5.41) is 9.19. The van der Waals surface area contributed by atoms with Gasteiger partial charge in [-0.3, -0.25) is 5.32 Å². The van der Waals surface area contributed by atoms with Crippen LogP contribution < -0.4 is 10.6 Å². The zero-order valence-corrected chi connectivity index (χ0v) is 15.7. The molecule has 2 N–H and O–H groups in total. The molecule has 12 heteroatoms. The molecule has 158 valence electrons. The largest absolute Gasteiger partial charge is 0.416 e. The van der Waals surface area contributed by atoms with Gasteiger partial charge in [0.2, 0.25) is 5.95 Å². The summed E-state index contributed by atoms with van der Waals surface area (Å²) in [6.07, 6.45) is -7.65. The standard InChI is InChI=1S/C18H13F6N5S/c19-17(20,21)12-4-1-3-11(7-12)9-29-10-25-15(28-29)27-16(30)26-14-6-2-5-13(8-14)18(22,23)24/h1-8,10H,9H2,(H2,26,27,28,30). The summed E-state index contributed by atoms with van der Waals surface area (Å²) in [6.45, 7) is 0.0341. The average molecular weight is 445 g/mol. The van der Waals surface area contributed by atoms with E-state index in [1.807, 2.05) is 0 Å². The van der Waals surface area contributed by atoms with Crippen LogP contribution in [0.1, 0.15) is 16.7 Å². The van der Waals surface area contributed by atoms with Crippen LogP contribution in [0.4, 0.5) is 38.0 Å². The third-order valence-electron chi connectivity index (χ3n) is 3.81. The number of benzene rings is 2. The maximum absolute atomic E-state index is 12.8. The van der Waals surface area contributed by atoms with Crippen molar-refractivity contribution in [3.63, 3.8) is 0 Å². The highest BCUT2D eigenvalue weighted by molar-refractivity contribution is 7.80. The second-order valence-electron chi connectivity index (χ2n) is 6.12. The van der Waals surface area contributed by atoms with Crippen molar-refractivity contribution < 1.29 is 26.3 Å². The molecular weight excluding hydrogens is 432 g/mol. The van der Waals surface area contributed by atoms with Crippen molar-refractivity contribution in [3.05, 3.63) is 71.5 Å². The molecule has 5 nitrogen and oxygen atoms in total. The Labute approximate surface area is 171 Å². The first-order chi connectivity index (χ1) is 14.0. The molecule has 0 atom stereocenters. The third kappa shape index (κ3) is 5.69. The van der Waals surface area contributed by atoms with Crippen LogP contribution in [0.2, 0.25) is 0 Å². The van der Waals surface area contributed by atoms with E-state index in [2.05, 4.69) is 20.7 Å². The number of nitrogens with zero attached hydrogens (tertiary/aromatic N) is 3. The average Bonchev–Trinajstić information content (AvgIpc) is 3.07. The molecule has 1 heterocycles. The molecule has 0 saturated carbocycles. The summed E-state index contributed by atoms with van der Waals surface area (Å²) >= 11 is 5.03. The molecule has 3 rings (SSSR count). The number of aromatic nitrogens is 3. The van der Waals surface area contributed by atoms with E-state index >= 15 is 0 Å². The Kier molecular flexibility index (Phi) is 5.97. The highest BCUT2D eigenvalue weighted by Crippen LogP contribution is 2.31. The lowest BCUT2D eigenvalue weighted by molar-refractivity contribution is -0.138. The summed E-state index contributed by atoms with van der Waals surface area (Å²) < 4.78 is 78.0. The first-order valence-electron chi connectivity index (χ1n) is 8.31. The molecule has 0 aliphatic carbocycles. The smallest absolute Gasteiger partial charge is 0.332 e. The molecule has 0 aliphatic rings. The Balaban J connectivity index is 1.63. The topological polar surface area (TPSA) is 54.8 Å². The summed E-state index contributed by atoms with van der Waals surface area (Å²) in [4.78, 5) is 3.93. The van der Waals surface area contributed by atoms with Crippen LogP contribution in [0.15, 0.2) is 54.9 Å². The quantitative estimate of drug-likeness (QED) is 0.429. The minimum atomic E-state index is -4.49. The molecule has 1 aromatic heterocycles. The first kappa shape index (κ1) is 21.6. The zero-order chi connectivity index (χ0) is 21.9. The molecular formula is C18H13F6N5S. The van der Waals surface area contributed by atoms with Crippen LogP contribution in [0, 0.1) is 0 Å². The van der Waals surface area contributed by atoms with Crippen molar-refractivity contribution in [3.8, 4) is 0 Å². The molecule has 2 aromatic carbocycles. The lowest BCUT2D eigenvalue weighted by Crippen LogP contribution is -2.20.